The molecule has 1 N–H and O–H groups in total. The van der Waals surface area contributed by atoms with Gasteiger partial charge in [0.15, 0.2) is 6.10 Å². The van der Waals surface area contributed by atoms with E-state index in [1.165, 1.54) is 18.9 Å². The van der Waals surface area contributed by atoms with Gasteiger partial charge in [0.2, 0.25) is 5.91 Å². The first-order valence-corrected chi connectivity index (χ1v) is 8.32. The fourth-order valence-corrected chi connectivity index (χ4v) is 2.63. The molecule has 136 valence electrons. The van der Waals surface area contributed by atoms with Crippen molar-refractivity contribution >= 4 is 35.1 Å². The molecule has 1 aromatic carbocycles. The van der Waals surface area contributed by atoms with E-state index in [1.807, 2.05) is 0 Å². The van der Waals surface area contributed by atoms with Gasteiger partial charge >= 0.3 is 5.97 Å². The number of hydrogen-bond acceptors (Lipinski definition) is 5. The molecule has 0 unspecified atom stereocenters. The smallest absolute Gasteiger partial charge is 0.326 e. The number of carbonyl (C=O) groups excluding carboxylic acids is 3. The maximum atomic E-state index is 12.3. The lowest BCUT2D eigenvalue weighted by Crippen LogP contribution is -2.36. The van der Waals surface area contributed by atoms with Crippen LogP contribution >= 0.6 is 11.6 Å². The maximum absolute atomic E-state index is 12.3. The Labute approximate surface area is 151 Å². The minimum atomic E-state index is -1.01. The quantitative estimate of drug-likeness (QED) is 0.778. The molecule has 2 amide bonds. The highest BCUT2D eigenvalue weighted by Gasteiger charge is 2.25. The monoisotopic (exact) mass is 368 g/mol. The van der Waals surface area contributed by atoms with Crippen molar-refractivity contribution in [1.82, 2.24) is 4.90 Å². The molecule has 8 heteroatoms. The molecule has 0 spiro atoms. The number of esters is 1. The van der Waals surface area contributed by atoms with Crippen molar-refractivity contribution in [3.8, 4) is 5.75 Å². The summed E-state index contributed by atoms with van der Waals surface area (Å²) in [4.78, 5) is 37.1. The minimum absolute atomic E-state index is 0.0737. The van der Waals surface area contributed by atoms with E-state index in [1.54, 1.807) is 19.1 Å². The Hall–Kier alpha value is -2.28. The van der Waals surface area contributed by atoms with Gasteiger partial charge in [-0.3, -0.25) is 14.4 Å². The average Bonchev–Trinajstić information content (AvgIpc) is 2.95. The molecular weight excluding hydrogens is 348 g/mol. The highest BCUT2D eigenvalue weighted by Crippen LogP contribution is 2.31. The van der Waals surface area contributed by atoms with Crippen LogP contribution < -0.4 is 10.1 Å². The van der Waals surface area contributed by atoms with Gasteiger partial charge in [0, 0.05) is 24.1 Å². The number of nitrogens with zero attached hydrogens (tertiary/aromatic N) is 1. The molecule has 0 radical (unpaired) electrons. The van der Waals surface area contributed by atoms with Gasteiger partial charge in [-0.15, -0.1) is 0 Å². The first kappa shape index (κ1) is 19.1. The van der Waals surface area contributed by atoms with Crippen molar-refractivity contribution in [2.24, 2.45) is 0 Å². The van der Waals surface area contributed by atoms with Crippen molar-refractivity contribution < 1.29 is 23.9 Å². The molecule has 0 saturated carbocycles. The topological polar surface area (TPSA) is 84.9 Å². The van der Waals surface area contributed by atoms with Gasteiger partial charge in [-0.2, -0.15) is 0 Å². The normalized spacial score (nSPS) is 15.0. The van der Waals surface area contributed by atoms with E-state index in [9.17, 15) is 14.4 Å². The number of hydrogen-bond donors (Lipinski definition) is 1. The number of benzene rings is 1. The SMILES string of the molecule is COc1cc(Cl)c(C)cc1NC(=O)[C@H](C)OC(=O)CN1CCCC1=O. The molecule has 1 aliphatic rings. The summed E-state index contributed by atoms with van der Waals surface area (Å²) in [5.74, 6) is -0.779. The van der Waals surface area contributed by atoms with Crippen LogP contribution in [0.3, 0.4) is 0 Å². The zero-order valence-electron chi connectivity index (χ0n) is 14.4. The van der Waals surface area contributed by atoms with Gasteiger partial charge < -0.3 is 19.7 Å². The number of nitrogens with one attached hydrogen (secondary N) is 1. The Morgan fingerprint density at radius 2 is 2.12 bits per heavy atom. The molecule has 0 aromatic heterocycles. The zero-order chi connectivity index (χ0) is 18.6. The van der Waals surface area contributed by atoms with Crippen LogP contribution in [0.5, 0.6) is 5.75 Å². The van der Waals surface area contributed by atoms with Crippen molar-refractivity contribution in [2.75, 3.05) is 25.5 Å². The summed E-state index contributed by atoms with van der Waals surface area (Å²) in [5.41, 5.74) is 1.21. The Bertz CT molecular complexity index is 692. The van der Waals surface area contributed by atoms with E-state index in [2.05, 4.69) is 5.32 Å². The van der Waals surface area contributed by atoms with E-state index < -0.39 is 18.0 Å². The largest absolute Gasteiger partial charge is 0.495 e. The summed E-state index contributed by atoms with van der Waals surface area (Å²) in [6.07, 6.45) is 0.169. The van der Waals surface area contributed by atoms with Crippen molar-refractivity contribution in [1.29, 1.82) is 0 Å². The van der Waals surface area contributed by atoms with Crippen LogP contribution in [0.25, 0.3) is 0 Å². The zero-order valence-corrected chi connectivity index (χ0v) is 15.2. The molecular formula is C17H21ClN2O5. The summed E-state index contributed by atoms with van der Waals surface area (Å²) >= 11 is 6.03. The molecule has 0 aliphatic carbocycles. The number of likely N-dealkylation sites (tertiary alicyclic amines) is 1. The highest BCUT2D eigenvalue weighted by atomic mass is 35.5. The van der Waals surface area contributed by atoms with E-state index >= 15 is 0 Å². The van der Waals surface area contributed by atoms with Crippen molar-refractivity contribution in [2.45, 2.75) is 32.8 Å². The Kier molecular flexibility index (Phi) is 6.25. The summed E-state index contributed by atoms with van der Waals surface area (Å²) in [6.45, 7) is 3.66. The van der Waals surface area contributed by atoms with Gasteiger partial charge in [0.25, 0.3) is 5.91 Å². The lowest BCUT2D eigenvalue weighted by molar-refractivity contribution is -0.155. The molecule has 25 heavy (non-hydrogen) atoms. The van der Waals surface area contributed by atoms with Crippen LogP contribution in [0.1, 0.15) is 25.3 Å². The predicted octanol–water partition coefficient (Wildman–Crippen LogP) is 2.15. The molecule has 1 heterocycles. The second-order valence-corrected chi connectivity index (χ2v) is 6.25. The van der Waals surface area contributed by atoms with Crippen LogP contribution in [0.15, 0.2) is 12.1 Å². The third-order valence-electron chi connectivity index (χ3n) is 3.91. The lowest BCUT2D eigenvalue weighted by atomic mass is 10.2. The van der Waals surface area contributed by atoms with E-state index in [4.69, 9.17) is 21.1 Å². The summed E-state index contributed by atoms with van der Waals surface area (Å²) in [5, 5.41) is 3.17. The van der Waals surface area contributed by atoms with Crippen LogP contribution in [-0.2, 0) is 19.1 Å². The van der Waals surface area contributed by atoms with E-state index in [0.29, 0.717) is 29.4 Å². The van der Waals surface area contributed by atoms with Crippen LogP contribution in [0, 0.1) is 6.92 Å². The lowest BCUT2D eigenvalue weighted by Gasteiger charge is -2.18. The number of ether oxygens (including phenoxy) is 2. The Morgan fingerprint density at radius 3 is 2.72 bits per heavy atom. The Balaban J connectivity index is 1.95. The molecule has 0 bridgehead atoms. The third-order valence-corrected chi connectivity index (χ3v) is 4.31. The van der Waals surface area contributed by atoms with E-state index in [0.717, 1.165) is 12.0 Å². The second kappa shape index (κ2) is 8.20. The summed E-state index contributed by atoms with van der Waals surface area (Å²) in [7, 11) is 1.47. The molecule has 1 atom stereocenters. The van der Waals surface area contributed by atoms with Crippen molar-refractivity contribution in [3.05, 3.63) is 22.7 Å². The highest BCUT2D eigenvalue weighted by molar-refractivity contribution is 6.31. The number of amides is 2. The predicted molar refractivity (Wildman–Crippen MR) is 92.7 cm³/mol. The molecule has 7 nitrogen and oxygen atoms in total. The first-order valence-electron chi connectivity index (χ1n) is 7.94. The molecule has 1 saturated heterocycles. The molecule has 1 aromatic rings. The van der Waals surface area contributed by atoms with Gasteiger partial charge in [-0.25, -0.2) is 0 Å². The summed E-state index contributed by atoms with van der Waals surface area (Å²) in [6, 6.07) is 3.28. The average molecular weight is 369 g/mol. The maximum Gasteiger partial charge on any atom is 0.326 e. The number of methoxy groups -OCH3 is 1. The third kappa shape index (κ3) is 4.85. The number of halogens is 1. The van der Waals surface area contributed by atoms with Gasteiger partial charge in [-0.1, -0.05) is 11.6 Å². The van der Waals surface area contributed by atoms with Crippen LogP contribution in [0.2, 0.25) is 5.02 Å². The van der Waals surface area contributed by atoms with Crippen molar-refractivity contribution in [3.63, 3.8) is 0 Å². The second-order valence-electron chi connectivity index (χ2n) is 5.84. The standard InChI is InChI=1S/C17H21ClN2O5/c1-10-7-13(14(24-3)8-12(10)18)19-17(23)11(2)25-16(22)9-20-6-4-5-15(20)21/h7-8,11H,4-6,9H2,1-3H3,(H,19,23)/t11-/m0/s1. The number of aryl methyl sites for hydroxylation is 1. The molecule has 1 aliphatic heterocycles. The molecule has 2 rings (SSSR count). The Morgan fingerprint density at radius 1 is 1.40 bits per heavy atom. The fraction of sp³-hybridized carbons (Fsp3) is 0.471. The fourth-order valence-electron chi connectivity index (χ4n) is 2.48. The van der Waals surface area contributed by atoms with Crippen LogP contribution in [-0.4, -0.2) is 49.0 Å². The number of anilines is 1. The number of carbonyl (C=O) groups is 3. The van der Waals surface area contributed by atoms with Crippen LogP contribution in [0.4, 0.5) is 5.69 Å². The summed E-state index contributed by atoms with van der Waals surface area (Å²) < 4.78 is 10.3. The van der Waals surface area contributed by atoms with E-state index in [-0.39, 0.29) is 12.5 Å². The van der Waals surface area contributed by atoms with Gasteiger partial charge in [0.05, 0.1) is 12.8 Å². The first-order chi connectivity index (χ1) is 11.8. The van der Waals surface area contributed by atoms with Gasteiger partial charge in [0.1, 0.15) is 12.3 Å². The minimum Gasteiger partial charge on any atom is -0.495 e. The number of rotatable bonds is 6. The molecule has 1 fully saturated rings. The van der Waals surface area contributed by atoms with Gasteiger partial charge in [-0.05, 0) is 31.9 Å².